The van der Waals surface area contributed by atoms with Crippen molar-refractivity contribution in [2.75, 3.05) is 58.0 Å². The fraction of sp³-hybridized carbons (Fsp3) is 0.500. The predicted molar refractivity (Wildman–Crippen MR) is 131 cm³/mol. The number of likely N-dealkylation sites (tertiary alicyclic amines) is 1. The monoisotopic (exact) mass is 469 g/mol. The fourth-order valence-corrected chi connectivity index (χ4v) is 5.01. The van der Waals surface area contributed by atoms with Gasteiger partial charge >= 0.3 is 5.97 Å². The van der Waals surface area contributed by atoms with E-state index >= 15 is 0 Å². The molecule has 2 heterocycles. The minimum absolute atomic E-state index is 0.0990. The van der Waals surface area contributed by atoms with Gasteiger partial charge in [0.15, 0.2) is 18.2 Å². The Balaban J connectivity index is 1.29. The van der Waals surface area contributed by atoms with Gasteiger partial charge in [-0.15, -0.1) is 0 Å². The molecule has 2 fully saturated rings. The van der Waals surface area contributed by atoms with Gasteiger partial charge in [0.2, 0.25) is 0 Å². The minimum Gasteiger partial charge on any atom is -0.631 e. The summed E-state index contributed by atoms with van der Waals surface area (Å²) in [5.74, 6) is 0.936. The summed E-state index contributed by atoms with van der Waals surface area (Å²) in [6.45, 7) is 5.79. The van der Waals surface area contributed by atoms with Gasteiger partial charge in [0, 0.05) is 45.1 Å². The molecule has 0 spiro atoms. The molecule has 0 radical (unpaired) electrons. The average Bonchev–Trinajstić information content (AvgIpc) is 3.26. The number of quaternary nitrogens is 1. The van der Waals surface area contributed by atoms with E-state index in [2.05, 4.69) is 21.9 Å². The molecular weight excluding hydrogens is 434 g/mol. The second-order valence-electron chi connectivity index (χ2n) is 9.14. The van der Waals surface area contributed by atoms with Crippen LogP contribution in [0.4, 0.5) is 5.69 Å². The number of carbonyl (C=O) groups excluding carboxylic acids is 1. The molecule has 8 nitrogen and oxygen atoms in total. The maximum atomic E-state index is 13.6. The third-order valence-corrected chi connectivity index (χ3v) is 6.79. The number of benzene rings is 2. The van der Waals surface area contributed by atoms with E-state index < -0.39 is 6.10 Å². The number of carbonyl (C=O) groups is 1. The standard InChI is InChI=1S/C26H35N3O5/c1-21(30)34-24(19-33-26-11-7-6-10-25(26)32-2)18-27-14-12-23(13-15-27)29(31)17-16-28(20-29)22-8-4-3-5-9-22/h3-11,23-24H,12-20H2,1-2H3. The Morgan fingerprint density at radius 1 is 1.06 bits per heavy atom. The smallest absolute Gasteiger partial charge is 0.303 e. The molecule has 0 N–H and O–H groups in total. The zero-order chi connectivity index (χ0) is 24.0. The molecule has 2 aliphatic heterocycles. The van der Waals surface area contributed by atoms with E-state index in [-0.39, 0.29) is 23.3 Å². The van der Waals surface area contributed by atoms with Gasteiger partial charge in [-0.2, -0.15) is 0 Å². The Morgan fingerprint density at radius 2 is 1.74 bits per heavy atom. The number of esters is 1. The Labute approximate surface area is 201 Å². The minimum atomic E-state index is -0.394. The van der Waals surface area contributed by atoms with Crippen LogP contribution in [-0.4, -0.2) is 80.8 Å². The fourth-order valence-electron chi connectivity index (χ4n) is 5.01. The third kappa shape index (κ3) is 6.00. The lowest BCUT2D eigenvalue weighted by atomic mass is 10.0. The lowest BCUT2D eigenvalue weighted by Crippen LogP contribution is -2.55. The largest absolute Gasteiger partial charge is 0.631 e. The van der Waals surface area contributed by atoms with Crippen LogP contribution >= 0.6 is 0 Å². The SMILES string of the molecule is COc1ccccc1OCC(CN1CCC([N+]2([O-])CCN(c3ccccc3)C2)CC1)OC(C)=O. The molecule has 2 aliphatic rings. The van der Waals surface area contributed by atoms with Crippen LogP contribution in [-0.2, 0) is 9.53 Å². The van der Waals surface area contributed by atoms with Crippen LogP contribution in [0.15, 0.2) is 54.6 Å². The van der Waals surface area contributed by atoms with Crippen molar-refractivity contribution in [3.05, 3.63) is 59.8 Å². The van der Waals surface area contributed by atoms with Crippen molar-refractivity contribution in [1.82, 2.24) is 4.90 Å². The summed E-state index contributed by atoms with van der Waals surface area (Å²) in [7, 11) is 1.60. The van der Waals surface area contributed by atoms with Gasteiger partial charge in [0.05, 0.1) is 26.2 Å². The quantitative estimate of drug-likeness (QED) is 0.317. The van der Waals surface area contributed by atoms with E-state index in [1.165, 1.54) is 6.92 Å². The normalized spacial score (nSPS) is 22.4. The number of hydrogen-bond acceptors (Lipinski definition) is 7. The van der Waals surface area contributed by atoms with Crippen LogP contribution in [0.25, 0.3) is 0 Å². The van der Waals surface area contributed by atoms with Crippen molar-refractivity contribution in [1.29, 1.82) is 0 Å². The van der Waals surface area contributed by atoms with Gasteiger partial charge in [-0.05, 0) is 24.3 Å². The topological polar surface area (TPSA) is 74.3 Å². The molecule has 184 valence electrons. The maximum absolute atomic E-state index is 13.6. The molecule has 0 aliphatic carbocycles. The zero-order valence-corrected chi connectivity index (χ0v) is 20.1. The zero-order valence-electron chi connectivity index (χ0n) is 20.1. The molecule has 0 amide bonds. The lowest BCUT2D eigenvalue weighted by Gasteiger charge is -2.48. The van der Waals surface area contributed by atoms with Gasteiger partial charge < -0.3 is 29.0 Å². The highest BCUT2D eigenvalue weighted by Crippen LogP contribution is 2.30. The summed E-state index contributed by atoms with van der Waals surface area (Å²) in [6.07, 6.45) is 1.29. The predicted octanol–water partition coefficient (Wildman–Crippen LogP) is 3.26. The molecule has 34 heavy (non-hydrogen) atoms. The van der Waals surface area contributed by atoms with Crippen molar-refractivity contribution >= 4 is 11.7 Å². The molecular formula is C26H35N3O5. The molecule has 8 heteroatoms. The summed E-state index contributed by atoms with van der Waals surface area (Å²) in [5.41, 5.74) is 1.12. The summed E-state index contributed by atoms with van der Waals surface area (Å²) in [5, 5.41) is 13.6. The third-order valence-electron chi connectivity index (χ3n) is 6.79. The second kappa shape index (κ2) is 11.1. The van der Waals surface area contributed by atoms with E-state index in [1.54, 1.807) is 7.11 Å². The van der Waals surface area contributed by atoms with E-state index in [0.29, 0.717) is 31.3 Å². The van der Waals surface area contributed by atoms with Crippen molar-refractivity contribution in [3.63, 3.8) is 0 Å². The molecule has 2 aromatic carbocycles. The molecule has 4 rings (SSSR count). The molecule has 0 saturated carbocycles. The van der Waals surface area contributed by atoms with E-state index in [0.717, 1.165) is 38.2 Å². The first-order valence-corrected chi connectivity index (χ1v) is 12.0. The number of anilines is 1. The lowest BCUT2D eigenvalue weighted by molar-refractivity contribution is -0.894. The first-order valence-electron chi connectivity index (χ1n) is 12.0. The van der Waals surface area contributed by atoms with Crippen molar-refractivity contribution in [2.24, 2.45) is 0 Å². The van der Waals surface area contributed by atoms with Crippen molar-refractivity contribution < 1.29 is 23.7 Å². The van der Waals surface area contributed by atoms with Crippen LogP contribution < -0.4 is 14.4 Å². The van der Waals surface area contributed by atoms with E-state index in [9.17, 15) is 10.0 Å². The number of para-hydroxylation sites is 3. The molecule has 0 bridgehead atoms. The number of nitrogens with zero attached hydrogens (tertiary/aromatic N) is 3. The Morgan fingerprint density at radius 3 is 2.41 bits per heavy atom. The van der Waals surface area contributed by atoms with Gasteiger partial charge in [-0.1, -0.05) is 30.3 Å². The molecule has 2 unspecified atom stereocenters. The van der Waals surface area contributed by atoms with Crippen molar-refractivity contribution in [2.45, 2.75) is 31.9 Å². The van der Waals surface area contributed by atoms with Crippen molar-refractivity contribution in [3.8, 4) is 11.5 Å². The average molecular weight is 470 g/mol. The molecule has 2 saturated heterocycles. The number of piperidine rings is 1. The number of methoxy groups -OCH3 is 1. The second-order valence-corrected chi connectivity index (χ2v) is 9.14. The van der Waals surface area contributed by atoms with Gasteiger partial charge in [0.25, 0.3) is 0 Å². The molecule has 0 aromatic heterocycles. The number of hydroxylamine groups is 3. The molecule has 2 aromatic rings. The van der Waals surface area contributed by atoms with E-state index in [4.69, 9.17) is 14.2 Å². The summed E-state index contributed by atoms with van der Waals surface area (Å²) >= 11 is 0. The Bertz CT molecular complexity index is 935. The van der Waals surface area contributed by atoms with Crippen LogP contribution in [0.5, 0.6) is 11.5 Å². The Kier molecular flexibility index (Phi) is 7.92. The number of hydrogen-bond donors (Lipinski definition) is 0. The van der Waals surface area contributed by atoms with Gasteiger partial charge in [-0.25, -0.2) is 0 Å². The highest BCUT2D eigenvalue weighted by molar-refractivity contribution is 5.66. The summed E-state index contributed by atoms with van der Waals surface area (Å²) in [6, 6.07) is 17.7. The first-order chi connectivity index (χ1) is 16.5. The molecule has 2 atom stereocenters. The number of rotatable bonds is 9. The van der Waals surface area contributed by atoms with Crippen LogP contribution in [0.3, 0.4) is 0 Å². The van der Waals surface area contributed by atoms with E-state index in [1.807, 2.05) is 42.5 Å². The maximum Gasteiger partial charge on any atom is 0.303 e. The van der Waals surface area contributed by atoms with Crippen LogP contribution in [0.2, 0.25) is 0 Å². The summed E-state index contributed by atoms with van der Waals surface area (Å²) in [4.78, 5) is 16.1. The van der Waals surface area contributed by atoms with Crippen LogP contribution in [0.1, 0.15) is 19.8 Å². The highest BCUT2D eigenvalue weighted by atomic mass is 16.6. The first kappa shape index (κ1) is 24.3. The van der Waals surface area contributed by atoms with Gasteiger partial charge in [-0.3, -0.25) is 9.69 Å². The number of ether oxygens (including phenoxy) is 3. The summed E-state index contributed by atoms with van der Waals surface area (Å²) < 4.78 is 16.6. The Hall–Kier alpha value is -2.81. The van der Waals surface area contributed by atoms with Crippen LogP contribution in [0, 0.1) is 5.21 Å². The van der Waals surface area contributed by atoms with Gasteiger partial charge in [0.1, 0.15) is 12.7 Å². The highest BCUT2D eigenvalue weighted by Gasteiger charge is 2.38.